The third-order valence-corrected chi connectivity index (χ3v) is 3.68. The van der Waals surface area contributed by atoms with Gasteiger partial charge < -0.3 is 4.43 Å². The molecular formula is C17H19NOSi. The van der Waals surface area contributed by atoms with E-state index in [2.05, 4.69) is 43.9 Å². The van der Waals surface area contributed by atoms with Gasteiger partial charge in [-0.15, -0.1) is 0 Å². The highest BCUT2D eigenvalue weighted by Crippen LogP contribution is 2.31. The molecule has 0 heterocycles. The second-order valence-corrected chi connectivity index (χ2v) is 10.2. The summed E-state index contributed by atoms with van der Waals surface area (Å²) < 4.78 is 6.15. The highest BCUT2D eigenvalue weighted by molar-refractivity contribution is 6.70. The third kappa shape index (κ3) is 3.72. The fourth-order valence-corrected chi connectivity index (χ4v) is 2.86. The lowest BCUT2D eigenvalue weighted by Gasteiger charge is -2.21. The molecule has 0 atom stereocenters. The van der Waals surface area contributed by atoms with Crippen molar-refractivity contribution < 1.29 is 4.43 Å². The summed E-state index contributed by atoms with van der Waals surface area (Å²) in [7, 11) is -1.63. The smallest absolute Gasteiger partial charge is 0.242 e. The van der Waals surface area contributed by atoms with E-state index in [1.807, 2.05) is 30.3 Å². The largest absolute Gasteiger partial charge is 0.544 e. The molecule has 0 unspecified atom stereocenters. The Bertz CT molecular complexity index is 621. The standard InChI is InChI=1S/C17H19NOSi/c1-20(2,3)19-17-7-5-4-6-16(17)15-10-8-14(9-11-15)12-13-18/h4-11H,12H2,1-3H3. The average Bonchev–Trinajstić information content (AvgIpc) is 2.39. The lowest BCUT2D eigenvalue weighted by atomic mass is 10.0. The summed E-state index contributed by atoms with van der Waals surface area (Å²) in [6.45, 7) is 6.54. The van der Waals surface area contributed by atoms with Crippen LogP contribution in [-0.2, 0) is 6.42 Å². The van der Waals surface area contributed by atoms with Crippen LogP contribution in [0.3, 0.4) is 0 Å². The van der Waals surface area contributed by atoms with Gasteiger partial charge in [0.2, 0.25) is 8.32 Å². The molecule has 2 aromatic rings. The molecule has 102 valence electrons. The zero-order chi connectivity index (χ0) is 14.6. The SMILES string of the molecule is C[Si](C)(C)Oc1ccccc1-c1ccc(CC#N)cc1. The van der Waals surface area contributed by atoms with Crippen LogP contribution < -0.4 is 4.43 Å². The van der Waals surface area contributed by atoms with Crippen LogP contribution in [0.15, 0.2) is 48.5 Å². The van der Waals surface area contributed by atoms with Gasteiger partial charge in [0.1, 0.15) is 5.75 Å². The first-order valence-corrected chi connectivity index (χ1v) is 10.1. The van der Waals surface area contributed by atoms with Gasteiger partial charge in [-0.1, -0.05) is 42.5 Å². The average molecular weight is 281 g/mol. The zero-order valence-electron chi connectivity index (χ0n) is 12.2. The Morgan fingerprint density at radius 1 is 1.00 bits per heavy atom. The van der Waals surface area contributed by atoms with E-state index in [0.717, 1.165) is 22.4 Å². The molecule has 0 spiro atoms. The molecule has 0 N–H and O–H groups in total. The molecule has 0 aliphatic carbocycles. The van der Waals surface area contributed by atoms with Crippen molar-refractivity contribution in [2.24, 2.45) is 0 Å². The molecule has 0 fully saturated rings. The van der Waals surface area contributed by atoms with Crippen molar-refractivity contribution in [2.75, 3.05) is 0 Å². The molecule has 3 heteroatoms. The van der Waals surface area contributed by atoms with E-state index in [9.17, 15) is 0 Å². The van der Waals surface area contributed by atoms with Crippen LogP contribution in [0.4, 0.5) is 0 Å². The third-order valence-electron chi connectivity index (χ3n) is 2.85. The fraction of sp³-hybridized carbons (Fsp3) is 0.235. The summed E-state index contributed by atoms with van der Waals surface area (Å²) >= 11 is 0. The molecule has 0 aromatic heterocycles. The highest BCUT2D eigenvalue weighted by Gasteiger charge is 2.18. The Balaban J connectivity index is 2.35. The topological polar surface area (TPSA) is 33.0 Å². The quantitative estimate of drug-likeness (QED) is 0.765. The molecule has 20 heavy (non-hydrogen) atoms. The van der Waals surface area contributed by atoms with Gasteiger partial charge >= 0.3 is 0 Å². The number of hydrogen-bond donors (Lipinski definition) is 0. The van der Waals surface area contributed by atoms with E-state index in [1.165, 1.54) is 0 Å². The molecule has 0 aliphatic heterocycles. The maximum atomic E-state index is 8.71. The second kappa shape index (κ2) is 5.94. The zero-order valence-corrected chi connectivity index (χ0v) is 13.2. The first kappa shape index (κ1) is 14.4. The van der Waals surface area contributed by atoms with Crippen LogP contribution >= 0.6 is 0 Å². The molecule has 0 aliphatic rings. The van der Waals surface area contributed by atoms with Crippen LogP contribution in [0.5, 0.6) is 5.75 Å². The summed E-state index contributed by atoms with van der Waals surface area (Å²) in [5.74, 6) is 0.944. The van der Waals surface area contributed by atoms with Gasteiger partial charge in [-0.05, 0) is 36.8 Å². The van der Waals surface area contributed by atoms with Crippen molar-refractivity contribution in [2.45, 2.75) is 26.1 Å². The van der Waals surface area contributed by atoms with E-state index >= 15 is 0 Å². The van der Waals surface area contributed by atoms with Gasteiger partial charge in [0, 0.05) is 5.56 Å². The van der Waals surface area contributed by atoms with Crippen LogP contribution in [0.25, 0.3) is 11.1 Å². The molecule has 2 aromatic carbocycles. The molecule has 0 saturated carbocycles. The Morgan fingerprint density at radius 3 is 2.25 bits per heavy atom. The van der Waals surface area contributed by atoms with Crippen LogP contribution in [0.2, 0.25) is 19.6 Å². The summed E-state index contributed by atoms with van der Waals surface area (Å²) in [6.07, 6.45) is 0.452. The highest BCUT2D eigenvalue weighted by atomic mass is 28.4. The van der Waals surface area contributed by atoms with Crippen LogP contribution in [0.1, 0.15) is 5.56 Å². The number of rotatable bonds is 4. The van der Waals surface area contributed by atoms with Crippen molar-refractivity contribution in [3.05, 3.63) is 54.1 Å². The summed E-state index contributed by atoms with van der Waals surface area (Å²) in [6, 6.07) is 18.4. The van der Waals surface area contributed by atoms with Crippen molar-refractivity contribution in [1.29, 1.82) is 5.26 Å². The van der Waals surface area contributed by atoms with E-state index in [1.54, 1.807) is 0 Å². The first-order chi connectivity index (χ1) is 9.49. The predicted molar refractivity (Wildman–Crippen MR) is 85.2 cm³/mol. The van der Waals surface area contributed by atoms with Gasteiger partial charge in [0.05, 0.1) is 12.5 Å². The van der Waals surface area contributed by atoms with Crippen molar-refractivity contribution in [3.63, 3.8) is 0 Å². The van der Waals surface area contributed by atoms with Gasteiger partial charge in [-0.3, -0.25) is 0 Å². The van der Waals surface area contributed by atoms with Crippen molar-refractivity contribution >= 4 is 8.32 Å². The fourth-order valence-electron chi connectivity index (χ4n) is 2.02. The number of benzene rings is 2. The Morgan fingerprint density at radius 2 is 1.65 bits per heavy atom. The number of nitrogens with zero attached hydrogens (tertiary/aromatic N) is 1. The second-order valence-electron chi connectivity index (χ2n) is 5.74. The maximum Gasteiger partial charge on any atom is 0.242 e. The van der Waals surface area contributed by atoms with Crippen LogP contribution in [0, 0.1) is 11.3 Å². The molecule has 2 rings (SSSR count). The minimum atomic E-state index is -1.63. The number of nitriles is 1. The molecule has 0 saturated heterocycles. The lowest BCUT2D eigenvalue weighted by Crippen LogP contribution is -2.29. The van der Waals surface area contributed by atoms with Gasteiger partial charge in [0.15, 0.2) is 0 Å². The number of hydrogen-bond acceptors (Lipinski definition) is 2. The molecule has 2 nitrogen and oxygen atoms in total. The van der Waals surface area contributed by atoms with E-state index in [4.69, 9.17) is 9.69 Å². The lowest BCUT2D eigenvalue weighted by molar-refractivity contribution is 0.560. The molecule has 0 radical (unpaired) electrons. The van der Waals surface area contributed by atoms with Gasteiger partial charge in [-0.2, -0.15) is 5.26 Å². The number of para-hydroxylation sites is 1. The van der Waals surface area contributed by atoms with Gasteiger partial charge in [0.25, 0.3) is 0 Å². The van der Waals surface area contributed by atoms with E-state index < -0.39 is 8.32 Å². The van der Waals surface area contributed by atoms with E-state index in [0.29, 0.717) is 6.42 Å². The minimum absolute atomic E-state index is 0.452. The van der Waals surface area contributed by atoms with Crippen molar-refractivity contribution in [3.8, 4) is 22.9 Å². The molecule has 0 amide bonds. The molecular weight excluding hydrogens is 262 g/mol. The summed E-state index contributed by atoms with van der Waals surface area (Å²) in [4.78, 5) is 0. The maximum absolute atomic E-state index is 8.71. The Labute approximate surface area is 121 Å². The minimum Gasteiger partial charge on any atom is -0.544 e. The Hall–Kier alpha value is -2.05. The van der Waals surface area contributed by atoms with Crippen molar-refractivity contribution in [1.82, 2.24) is 0 Å². The predicted octanol–water partition coefficient (Wildman–Crippen LogP) is 4.63. The van der Waals surface area contributed by atoms with E-state index in [-0.39, 0.29) is 0 Å². The summed E-state index contributed by atoms with van der Waals surface area (Å²) in [5.41, 5.74) is 3.28. The first-order valence-electron chi connectivity index (χ1n) is 6.74. The van der Waals surface area contributed by atoms with Crippen LogP contribution in [-0.4, -0.2) is 8.32 Å². The normalized spacial score (nSPS) is 10.9. The molecule has 0 bridgehead atoms. The summed E-state index contributed by atoms with van der Waals surface area (Å²) in [5, 5.41) is 8.71. The monoisotopic (exact) mass is 281 g/mol. The Kier molecular flexibility index (Phi) is 4.26. The van der Waals surface area contributed by atoms with Gasteiger partial charge in [-0.25, -0.2) is 0 Å².